The number of nitrogens with one attached hydrogen (secondary N) is 2. The van der Waals surface area contributed by atoms with Crippen LogP contribution in [0.15, 0.2) is 48.9 Å². The Morgan fingerprint density at radius 1 is 1.05 bits per heavy atom. The second kappa shape index (κ2) is 7.31. The molecule has 0 aliphatic rings. The van der Waals surface area contributed by atoms with Crippen molar-refractivity contribution in [3.8, 4) is 0 Å². The lowest BCUT2D eigenvalue weighted by Gasteiger charge is -2.21. The van der Waals surface area contributed by atoms with Crippen molar-refractivity contribution in [1.29, 1.82) is 0 Å². The van der Waals surface area contributed by atoms with Gasteiger partial charge in [-0.1, -0.05) is 19.9 Å². The van der Waals surface area contributed by atoms with Gasteiger partial charge >= 0.3 is 11.8 Å². The van der Waals surface area contributed by atoms with Gasteiger partial charge in [0, 0.05) is 12.4 Å². The molecule has 0 aliphatic heterocycles. The maximum atomic E-state index is 12.1. The van der Waals surface area contributed by atoms with E-state index >= 15 is 0 Å². The van der Waals surface area contributed by atoms with Crippen molar-refractivity contribution in [1.82, 2.24) is 15.3 Å². The van der Waals surface area contributed by atoms with Crippen molar-refractivity contribution >= 4 is 17.5 Å². The molecule has 2 aromatic heterocycles. The molecule has 0 saturated heterocycles. The van der Waals surface area contributed by atoms with Gasteiger partial charge in [-0.15, -0.1) is 0 Å². The summed E-state index contributed by atoms with van der Waals surface area (Å²) < 4.78 is 0. The fraction of sp³-hybridized carbons (Fsp3) is 0.250. The van der Waals surface area contributed by atoms with Crippen LogP contribution in [0.3, 0.4) is 0 Å². The highest BCUT2D eigenvalue weighted by Crippen LogP contribution is 2.19. The maximum Gasteiger partial charge on any atom is 0.313 e. The van der Waals surface area contributed by atoms with Crippen LogP contribution < -0.4 is 10.6 Å². The summed E-state index contributed by atoms with van der Waals surface area (Å²) in [6, 6.07) is 8.49. The molecule has 6 heteroatoms. The first kappa shape index (κ1) is 15.6. The molecule has 0 aromatic carbocycles. The molecule has 2 aromatic rings. The number of carbonyl (C=O) groups is 2. The molecule has 0 aliphatic carbocycles. The zero-order chi connectivity index (χ0) is 15.9. The summed E-state index contributed by atoms with van der Waals surface area (Å²) in [6.45, 7) is 3.91. The Morgan fingerprint density at radius 2 is 1.86 bits per heavy atom. The van der Waals surface area contributed by atoms with Crippen LogP contribution >= 0.6 is 0 Å². The monoisotopic (exact) mass is 298 g/mol. The molecule has 114 valence electrons. The first-order valence-corrected chi connectivity index (χ1v) is 7.00. The quantitative estimate of drug-likeness (QED) is 0.845. The van der Waals surface area contributed by atoms with Gasteiger partial charge in [0.1, 0.15) is 0 Å². The summed E-state index contributed by atoms with van der Waals surface area (Å²) in [7, 11) is 0. The minimum absolute atomic E-state index is 0.102. The number of hydrogen-bond acceptors (Lipinski definition) is 4. The molecule has 0 spiro atoms. The number of amides is 2. The predicted molar refractivity (Wildman–Crippen MR) is 82.8 cm³/mol. The van der Waals surface area contributed by atoms with E-state index in [1.54, 1.807) is 30.6 Å². The normalized spacial score (nSPS) is 11.8. The van der Waals surface area contributed by atoms with Crippen molar-refractivity contribution in [2.45, 2.75) is 19.9 Å². The Balaban J connectivity index is 2.04. The van der Waals surface area contributed by atoms with Gasteiger partial charge in [-0.2, -0.15) is 0 Å². The molecule has 6 nitrogen and oxygen atoms in total. The number of nitrogens with zero attached hydrogens (tertiary/aromatic N) is 2. The van der Waals surface area contributed by atoms with Crippen LogP contribution in [0, 0.1) is 5.92 Å². The van der Waals surface area contributed by atoms with Gasteiger partial charge in [0.25, 0.3) is 0 Å². The molecule has 0 fully saturated rings. The van der Waals surface area contributed by atoms with Crippen LogP contribution in [-0.2, 0) is 9.59 Å². The summed E-state index contributed by atoms with van der Waals surface area (Å²) in [5.74, 6) is -1.33. The van der Waals surface area contributed by atoms with Gasteiger partial charge in [0.05, 0.1) is 23.6 Å². The van der Waals surface area contributed by atoms with Gasteiger partial charge in [-0.05, 0) is 30.2 Å². The molecule has 2 amide bonds. The second-order valence-corrected chi connectivity index (χ2v) is 5.15. The molecule has 0 bridgehead atoms. The molecule has 2 heterocycles. The first-order chi connectivity index (χ1) is 10.6. The van der Waals surface area contributed by atoms with E-state index in [0.717, 1.165) is 5.69 Å². The first-order valence-electron chi connectivity index (χ1n) is 7.00. The highest BCUT2D eigenvalue weighted by Gasteiger charge is 2.23. The summed E-state index contributed by atoms with van der Waals surface area (Å²) in [4.78, 5) is 32.1. The zero-order valence-electron chi connectivity index (χ0n) is 12.5. The minimum Gasteiger partial charge on any atom is -0.339 e. The Bertz CT molecular complexity index is 629. The Hall–Kier alpha value is -2.76. The van der Waals surface area contributed by atoms with Crippen LogP contribution in [0.2, 0.25) is 0 Å². The zero-order valence-corrected chi connectivity index (χ0v) is 12.5. The van der Waals surface area contributed by atoms with E-state index in [9.17, 15) is 9.59 Å². The SMILES string of the molecule is CC(C)C(NC(=O)C(=O)Nc1cccnc1)c1ccccn1. The van der Waals surface area contributed by atoms with Crippen LogP contribution in [0.1, 0.15) is 25.6 Å². The largest absolute Gasteiger partial charge is 0.339 e. The van der Waals surface area contributed by atoms with Crippen molar-refractivity contribution < 1.29 is 9.59 Å². The molecular weight excluding hydrogens is 280 g/mol. The number of anilines is 1. The molecule has 2 rings (SSSR count). The second-order valence-electron chi connectivity index (χ2n) is 5.15. The Kier molecular flexibility index (Phi) is 5.19. The average molecular weight is 298 g/mol. The number of pyridine rings is 2. The van der Waals surface area contributed by atoms with Crippen LogP contribution in [0.5, 0.6) is 0 Å². The molecular formula is C16H18N4O2. The molecule has 1 unspecified atom stereocenters. The van der Waals surface area contributed by atoms with Crippen LogP contribution in [0.25, 0.3) is 0 Å². The van der Waals surface area contributed by atoms with Gasteiger partial charge in [0.15, 0.2) is 0 Å². The summed E-state index contributed by atoms with van der Waals surface area (Å²) >= 11 is 0. The Labute approximate surface area is 129 Å². The maximum absolute atomic E-state index is 12.1. The topological polar surface area (TPSA) is 84.0 Å². The van der Waals surface area contributed by atoms with E-state index in [-0.39, 0.29) is 12.0 Å². The van der Waals surface area contributed by atoms with Gasteiger partial charge < -0.3 is 10.6 Å². The lowest BCUT2D eigenvalue weighted by atomic mass is 10.0. The smallest absolute Gasteiger partial charge is 0.313 e. The van der Waals surface area contributed by atoms with Crippen LogP contribution in [-0.4, -0.2) is 21.8 Å². The highest BCUT2D eigenvalue weighted by molar-refractivity contribution is 6.39. The molecule has 0 saturated carbocycles. The average Bonchev–Trinajstić information content (AvgIpc) is 2.53. The standard InChI is InChI=1S/C16H18N4O2/c1-11(2)14(13-7-3-4-9-18-13)20-16(22)15(21)19-12-6-5-8-17-10-12/h3-11,14H,1-2H3,(H,19,21)(H,20,22). The molecule has 0 radical (unpaired) electrons. The number of hydrogen-bond donors (Lipinski definition) is 2. The molecule has 22 heavy (non-hydrogen) atoms. The molecule has 2 N–H and O–H groups in total. The Morgan fingerprint density at radius 3 is 2.45 bits per heavy atom. The summed E-state index contributed by atoms with van der Waals surface area (Å²) in [5.41, 5.74) is 1.20. The van der Waals surface area contributed by atoms with E-state index in [0.29, 0.717) is 5.69 Å². The molecule has 1 atom stereocenters. The lowest BCUT2D eigenvalue weighted by Crippen LogP contribution is -2.39. The predicted octanol–water partition coefficient (Wildman–Crippen LogP) is 1.93. The van der Waals surface area contributed by atoms with Crippen molar-refractivity contribution in [3.63, 3.8) is 0 Å². The van der Waals surface area contributed by atoms with Crippen molar-refractivity contribution in [2.24, 2.45) is 5.92 Å². The van der Waals surface area contributed by atoms with E-state index in [2.05, 4.69) is 20.6 Å². The third-order valence-corrected chi connectivity index (χ3v) is 3.09. The van der Waals surface area contributed by atoms with Crippen molar-refractivity contribution in [3.05, 3.63) is 54.6 Å². The van der Waals surface area contributed by atoms with Gasteiger partial charge in [0.2, 0.25) is 0 Å². The number of aromatic nitrogens is 2. The van der Waals surface area contributed by atoms with E-state index in [1.807, 2.05) is 26.0 Å². The van der Waals surface area contributed by atoms with Crippen LogP contribution in [0.4, 0.5) is 5.69 Å². The fourth-order valence-electron chi connectivity index (χ4n) is 1.97. The summed E-state index contributed by atoms with van der Waals surface area (Å²) in [6.07, 6.45) is 4.72. The summed E-state index contributed by atoms with van der Waals surface area (Å²) in [5, 5.41) is 5.22. The number of rotatable bonds is 4. The fourth-order valence-corrected chi connectivity index (χ4v) is 1.97. The third kappa shape index (κ3) is 4.12. The third-order valence-electron chi connectivity index (χ3n) is 3.09. The number of carbonyl (C=O) groups excluding carboxylic acids is 2. The van der Waals surface area contributed by atoms with E-state index < -0.39 is 11.8 Å². The van der Waals surface area contributed by atoms with E-state index in [1.165, 1.54) is 6.20 Å². The van der Waals surface area contributed by atoms with Gasteiger partial charge in [-0.25, -0.2) is 0 Å². The van der Waals surface area contributed by atoms with Crippen molar-refractivity contribution in [2.75, 3.05) is 5.32 Å². The van der Waals surface area contributed by atoms with E-state index in [4.69, 9.17) is 0 Å². The van der Waals surface area contributed by atoms with Gasteiger partial charge in [-0.3, -0.25) is 19.6 Å². The minimum atomic E-state index is -0.727. The lowest BCUT2D eigenvalue weighted by molar-refractivity contribution is -0.136. The highest BCUT2D eigenvalue weighted by atomic mass is 16.2.